The van der Waals surface area contributed by atoms with Gasteiger partial charge in [0.25, 0.3) is 0 Å². The van der Waals surface area contributed by atoms with Crippen LogP contribution >= 0.6 is 11.8 Å². The second kappa shape index (κ2) is 10.6. The third-order valence-electron chi connectivity index (χ3n) is 5.82. The van der Waals surface area contributed by atoms with Crippen LogP contribution in [0.4, 0.5) is 0 Å². The first-order chi connectivity index (χ1) is 15.2. The van der Waals surface area contributed by atoms with Gasteiger partial charge in [-0.3, -0.25) is 0 Å². The number of rotatable bonds is 7. The van der Waals surface area contributed by atoms with Crippen molar-refractivity contribution in [2.45, 2.75) is 61.2 Å². The van der Waals surface area contributed by atoms with Gasteiger partial charge in [-0.1, -0.05) is 56.2 Å². The summed E-state index contributed by atoms with van der Waals surface area (Å²) in [5.41, 5.74) is 9.74. The molecule has 4 rings (SSSR count). The predicted molar refractivity (Wildman–Crippen MR) is 125 cm³/mol. The molecule has 3 aromatic rings. The molecule has 0 unspecified atom stereocenters. The maximum absolute atomic E-state index is 5.69. The normalized spacial score (nSPS) is 14.8. The Balaban J connectivity index is 1.57. The maximum atomic E-state index is 5.69. The van der Waals surface area contributed by atoms with E-state index in [1.807, 2.05) is 41.5 Å². The van der Waals surface area contributed by atoms with Gasteiger partial charge in [0.1, 0.15) is 0 Å². The topological polar surface area (TPSA) is 69.6 Å². The molecule has 0 spiro atoms. The average Bonchev–Trinajstić information content (AvgIpc) is 3.09. The molecule has 1 fully saturated rings. The van der Waals surface area contributed by atoms with Gasteiger partial charge >= 0.3 is 0 Å². The van der Waals surface area contributed by atoms with Crippen molar-refractivity contribution in [1.29, 1.82) is 0 Å². The van der Waals surface area contributed by atoms with Gasteiger partial charge in [0.15, 0.2) is 0 Å². The van der Waals surface area contributed by atoms with Crippen LogP contribution in [0.3, 0.4) is 0 Å². The molecule has 0 aliphatic heterocycles. The molecule has 0 bridgehead atoms. The summed E-state index contributed by atoms with van der Waals surface area (Å²) in [4.78, 5) is 2.12. The minimum Gasteiger partial charge on any atom is -0.330 e. The molecule has 2 heterocycles. The molecule has 6 heteroatoms. The molecule has 0 amide bonds. The molecule has 2 aromatic heterocycles. The first kappa shape index (κ1) is 21.6. The Morgan fingerprint density at radius 2 is 1.97 bits per heavy atom. The molecule has 2 N–H and O–H groups in total. The lowest BCUT2D eigenvalue weighted by molar-refractivity contribution is 0.451. The number of benzene rings is 1. The number of hydrogen-bond acceptors (Lipinski definition) is 5. The van der Waals surface area contributed by atoms with Crippen molar-refractivity contribution in [1.82, 2.24) is 20.0 Å². The van der Waals surface area contributed by atoms with Crippen molar-refractivity contribution in [2.24, 2.45) is 11.7 Å². The van der Waals surface area contributed by atoms with Crippen molar-refractivity contribution in [2.75, 3.05) is 6.54 Å². The standard InChI is InChI=1S/C25H29N5S/c1-2-19-9-10-24(30-18-21(11-12-26)16-28-30)25(14-19)31-23-15-22(29-27-17-23)13-20-7-5-3-4-6-8-20/h1,9-10,14-18,20H,3-8,11-13,26H2. The van der Waals surface area contributed by atoms with E-state index < -0.39 is 0 Å². The lowest BCUT2D eigenvalue weighted by Crippen LogP contribution is -2.05. The van der Waals surface area contributed by atoms with Crippen LogP contribution in [0.5, 0.6) is 0 Å². The molecule has 0 radical (unpaired) electrons. The Morgan fingerprint density at radius 1 is 1.13 bits per heavy atom. The van der Waals surface area contributed by atoms with Gasteiger partial charge in [-0.05, 0) is 55.1 Å². The van der Waals surface area contributed by atoms with Crippen LogP contribution in [0.2, 0.25) is 0 Å². The van der Waals surface area contributed by atoms with Crippen molar-refractivity contribution in [3.8, 4) is 18.0 Å². The van der Waals surface area contributed by atoms with E-state index in [0.717, 1.165) is 51.1 Å². The molecule has 1 aliphatic carbocycles. The lowest BCUT2D eigenvalue weighted by Gasteiger charge is -2.14. The SMILES string of the molecule is C#Cc1ccc(-n2cc(CCN)cn2)c(Sc2cnnc(CC3CCCCCC3)c2)c1. The van der Waals surface area contributed by atoms with E-state index in [-0.39, 0.29) is 0 Å². The second-order valence-electron chi connectivity index (χ2n) is 8.21. The largest absolute Gasteiger partial charge is 0.330 e. The van der Waals surface area contributed by atoms with Gasteiger partial charge in [0.05, 0.1) is 23.8 Å². The predicted octanol–water partition coefficient (Wildman–Crippen LogP) is 4.81. The Kier molecular flexibility index (Phi) is 7.39. The number of terminal acetylenes is 1. The lowest BCUT2D eigenvalue weighted by atomic mass is 9.95. The number of nitrogens with two attached hydrogens (primary N) is 1. The molecule has 160 valence electrons. The minimum atomic E-state index is 0.607. The third-order valence-corrected chi connectivity index (χ3v) is 6.83. The van der Waals surface area contributed by atoms with Crippen molar-refractivity contribution in [3.05, 3.63) is 59.7 Å². The van der Waals surface area contributed by atoms with Crippen molar-refractivity contribution in [3.63, 3.8) is 0 Å². The van der Waals surface area contributed by atoms with Crippen LogP contribution in [0, 0.1) is 18.3 Å². The summed E-state index contributed by atoms with van der Waals surface area (Å²) in [6.45, 7) is 0.607. The van der Waals surface area contributed by atoms with E-state index in [4.69, 9.17) is 12.2 Å². The number of nitrogens with zero attached hydrogens (tertiary/aromatic N) is 4. The molecule has 1 saturated carbocycles. The Bertz CT molecular complexity index is 1040. The molecule has 1 aromatic carbocycles. The number of hydrogen-bond donors (Lipinski definition) is 1. The highest BCUT2D eigenvalue weighted by Gasteiger charge is 2.15. The van der Waals surface area contributed by atoms with Crippen LogP contribution in [0.15, 0.2) is 52.6 Å². The molecule has 0 saturated heterocycles. The highest BCUT2D eigenvalue weighted by atomic mass is 32.2. The molecular formula is C25H29N5S. The summed E-state index contributed by atoms with van der Waals surface area (Å²) in [6, 6.07) is 8.19. The van der Waals surface area contributed by atoms with E-state index in [0.29, 0.717) is 6.54 Å². The average molecular weight is 432 g/mol. The van der Waals surface area contributed by atoms with Crippen molar-refractivity contribution < 1.29 is 0 Å². The van der Waals surface area contributed by atoms with E-state index in [2.05, 4.69) is 27.3 Å². The van der Waals surface area contributed by atoms with Crippen LogP contribution < -0.4 is 5.73 Å². The zero-order valence-corrected chi connectivity index (χ0v) is 18.7. The smallest absolute Gasteiger partial charge is 0.0785 e. The zero-order valence-electron chi connectivity index (χ0n) is 17.8. The van der Waals surface area contributed by atoms with Crippen LogP contribution in [-0.2, 0) is 12.8 Å². The van der Waals surface area contributed by atoms with Crippen LogP contribution in [0.25, 0.3) is 5.69 Å². The summed E-state index contributed by atoms with van der Waals surface area (Å²) in [7, 11) is 0. The summed E-state index contributed by atoms with van der Waals surface area (Å²) in [6.07, 6.45) is 21.2. The van der Waals surface area contributed by atoms with Gasteiger partial charge in [0, 0.05) is 21.6 Å². The van der Waals surface area contributed by atoms with Crippen LogP contribution in [-0.4, -0.2) is 26.5 Å². The number of aromatic nitrogens is 4. The summed E-state index contributed by atoms with van der Waals surface area (Å²) in [5, 5.41) is 13.2. The quantitative estimate of drug-likeness (QED) is 0.429. The molecule has 5 nitrogen and oxygen atoms in total. The van der Waals surface area contributed by atoms with Crippen molar-refractivity contribution >= 4 is 11.8 Å². The maximum Gasteiger partial charge on any atom is 0.0785 e. The van der Waals surface area contributed by atoms with E-state index in [9.17, 15) is 0 Å². The zero-order chi connectivity index (χ0) is 21.5. The third kappa shape index (κ3) is 5.75. The monoisotopic (exact) mass is 431 g/mol. The summed E-state index contributed by atoms with van der Waals surface area (Å²) < 4.78 is 1.90. The highest BCUT2D eigenvalue weighted by Crippen LogP contribution is 2.34. The molecule has 1 aliphatic rings. The van der Waals surface area contributed by atoms with Gasteiger partial charge < -0.3 is 5.73 Å². The molecule has 0 atom stereocenters. The van der Waals surface area contributed by atoms with E-state index in [1.165, 1.54) is 38.5 Å². The minimum absolute atomic E-state index is 0.607. The Hall–Kier alpha value is -2.62. The fourth-order valence-corrected chi connectivity index (χ4v) is 5.20. The fourth-order valence-electron chi connectivity index (χ4n) is 4.20. The Morgan fingerprint density at radius 3 is 2.74 bits per heavy atom. The van der Waals surface area contributed by atoms with Gasteiger partial charge in [-0.2, -0.15) is 15.3 Å². The van der Waals surface area contributed by atoms with Gasteiger partial charge in [-0.15, -0.1) is 6.42 Å². The van der Waals surface area contributed by atoms with E-state index >= 15 is 0 Å². The Labute approximate surface area is 188 Å². The van der Waals surface area contributed by atoms with Gasteiger partial charge in [0.2, 0.25) is 0 Å². The van der Waals surface area contributed by atoms with Crippen LogP contribution in [0.1, 0.15) is 55.3 Å². The summed E-state index contributed by atoms with van der Waals surface area (Å²) in [5.74, 6) is 3.47. The van der Waals surface area contributed by atoms with E-state index in [1.54, 1.807) is 11.8 Å². The fraction of sp³-hybridized carbons (Fsp3) is 0.400. The molecular weight excluding hydrogens is 402 g/mol. The highest BCUT2D eigenvalue weighted by molar-refractivity contribution is 7.99. The molecule has 31 heavy (non-hydrogen) atoms. The summed E-state index contributed by atoms with van der Waals surface area (Å²) >= 11 is 1.66. The second-order valence-corrected chi connectivity index (χ2v) is 9.32. The van der Waals surface area contributed by atoms with Gasteiger partial charge in [-0.25, -0.2) is 4.68 Å². The first-order valence-corrected chi connectivity index (χ1v) is 11.9. The first-order valence-electron chi connectivity index (χ1n) is 11.1.